The molecule has 2 saturated heterocycles. The van der Waals surface area contributed by atoms with E-state index in [1.165, 1.54) is 25.0 Å². The van der Waals surface area contributed by atoms with Crippen molar-refractivity contribution in [3.8, 4) is 0 Å². The Morgan fingerprint density at radius 1 is 1.03 bits per heavy atom. The lowest BCUT2D eigenvalue weighted by Gasteiger charge is -2.40. The Morgan fingerprint density at radius 2 is 1.73 bits per heavy atom. The van der Waals surface area contributed by atoms with Crippen LogP contribution in [0.2, 0.25) is 0 Å². The predicted octanol–water partition coefficient (Wildman–Crippen LogP) is 1.98. The van der Waals surface area contributed by atoms with Crippen molar-refractivity contribution in [3.63, 3.8) is 0 Å². The summed E-state index contributed by atoms with van der Waals surface area (Å²) in [6.45, 7) is 7.50. The maximum atomic E-state index is 14.1. The molecule has 2 aliphatic heterocycles. The standard InChI is InChI=1S/C25H37FN4O3/c26-22-9-4-3-8-21(22)25(32)30-14-12-29(13-15-30)23(20-6-1-2-7-20)24(31)27-10-5-11-28-16-18-33-19-17-28/h3-4,8-9,20,23H,1-2,5-7,10-19H2,(H,27,31). The highest BCUT2D eigenvalue weighted by Crippen LogP contribution is 2.31. The number of rotatable bonds is 8. The number of carbonyl (C=O) groups excluding carboxylic acids is 2. The van der Waals surface area contributed by atoms with Crippen molar-refractivity contribution < 1.29 is 18.7 Å². The minimum Gasteiger partial charge on any atom is -0.379 e. The number of carbonyl (C=O) groups is 2. The van der Waals surface area contributed by atoms with Crippen LogP contribution in [0.25, 0.3) is 0 Å². The second-order valence-corrected chi connectivity index (χ2v) is 9.40. The van der Waals surface area contributed by atoms with Crippen molar-refractivity contribution in [2.24, 2.45) is 5.92 Å². The van der Waals surface area contributed by atoms with Gasteiger partial charge >= 0.3 is 0 Å². The first-order chi connectivity index (χ1) is 16.1. The molecule has 2 amide bonds. The van der Waals surface area contributed by atoms with E-state index in [2.05, 4.69) is 15.1 Å². The Hall–Kier alpha value is -2.03. The highest BCUT2D eigenvalue weighted by molar-refractivity contribution is 5.94. The number of hydrogen-bond donors (Lipinski definition) is 1. The third-order valence-electron chi connectivity index (χ3n) is 7.27. The van der Waals surface area contributed by atoms with Gasteiger partial charge in [0.15, 0.2) is 0 Å². The summed E-state index contributed by atoms with van der Waals surface area (Å²) in [7, 11) is 0. The fourth-order valence-electron chi connectivity index (χ4n) is 5.40. The maximum Gasteiger partial charge on any atom is 0.256 e. The number of nitrogens with zero attached hydrogens (tertiary/aromatic N) is 3. The summed E-state index contributed by atoms with van der Waals surface area (Å²) < 4.78 is 19.4. The minimum absolute atomic E-state index is 0.122. The van der Waals surface area contributed by atoms with Crippen molar-refractivity contribution in [2.75, 3.05) is 65.6 Å². The van der Waals surface area contributed by atoms with E-state index in [-0.39, 0.29) is 23.4 Å². The summed E-state index contributed by atoms with van der Waals surface area (Å²) >= 11 is 0. The van der Waals surface area contributed by atoms with E-state index in [0.29, 0.717) is 38.6 Å². The third-order valence-corrected chi connectivity index (χ3v) is 7.27. The van der Waals surface area contributed by atoms with E-state index in [9.17, 15) is 14.0 Å². The lowest BCUT2D eigenvalue weighted by atomic mass is 9.95. The van der Waals surface area contributed by atoms with Crippen molar-refractivity contribution in [1.82, 2.24) is 20.0 Å². The Bertz CT molecular complexity index is 788. The monoisotopic (exact) mass is 460 g/mol. The summed E-state index contributed by atoms with van der Waals surface area (Å²) in [6, 6.07) is 6.00. The number of halogens is 1. The Morgan fingerprint density at radius 3 is 2.42 bits per heavy atom. The van der Waals surface area contributed by atoms with E-state index < -0.39 is 5.82 Å². The molecule has 1 aromatic carbocycles. The molecule has 182 valence electrons. The van der Waals surface area contributed by atoms with E-state index in [0.717, 1.165) is 52.1 Å². The zero-order valence-corrected chi connectivity index (χ0v) is 19.5. The Labute approximate surface area is 196 Å². The van der Waals surface area contributed by atoms with Gasteiger partial charge in [-0.15, -0.1) is 0 Å². The van der Waals surface area contributed by atoms with E-state index >= 15 is 0 Å². The van der Waals surface area contributed by atoms with Gasteiger partial charge in [0.2, 0.25) is 5.91 Å². The fraction of sp³-hybridized carbons (Fsp3) is 0.680. The molecule has 1 saturated carbocycles. The van der Waals surface area contributed by atoms with Gasteiger partial charge in [-0.2, -0.15) is 0 Å². The number of hydrogen-bond acceptors (Lipinski definition) is 5. The van der Waals surface area contributed by atoms with Gasteiger partial charge in [-0.3, -0.25) is 19.4 Å². The van der Waals surface area contributed by atoms with Gasteiger partial charge in [0, 0.05) is 45.8 Å². The van der Waals surface area contributed by atoms with Crippen LogP contribution in [-0.4, -0.2) is 98.1 Å². The predicted molar refractivity (Wildman–Crippen MR) is 125 cm³/mol. The van der Waals surface area contributed by atoms with Crippen molar-refractivity contribution >= 4 is 11.8 Å². The number of benzene rings is 1. The molecule has 0 aromatic heterocycles. The van der Waals surface area contributed by atoms with Crippen LogP contribution in [0.5, 0.6) is 0 Å². The normalized spacial score (nSPS) is 21.8. The van der Waals surface area contributed by atoms with Crippen LogP contribution in [0.4, 0.5) is 4.39 Å². The molecule has 1 atom stereocenters. The smallest absolute Gasteiger partial charge is 0.256 e. The molecule has 0 spiro atoms. The first-order valence-electron chi connectivity index (χ1n) is 12.5. The van der Waals surface area contributed by atoms with Gasteiger partial charge in [-0.1, -0.05) is 25.0 Å². The highest BCUT2D eigenvalue weighted by Gasteiger charge is 2.37. The number of nitrogens with one attached hydrogen (secondary N) is 1. The maximum absolute atomic E-state index is 14.1. The van der Waals surface area contributed by atoms with E-state index in [1.807, 2.05) is 0 Å². The van der Waals surface area contributed by atoms with Crippen molar-refractivity contribution in [1.29, 1.82) is 0 Å². The van der Waals surface area contributed by atoms with Crippen LogP contribution >= 0.6 is 0 Å². The Balaban J connectivity index is 1.29. The SMILES string of the molecule is O=C(NCCCN1CCOCC1)C(C1CCCC1)N1CCN(C(=O)c2ccccc2F)CC1. The number of amides is 2. The second-order valence-electron chi connectivity index (χ2n) is 9.40. The lowest BCUT2D eigenvalue weighted by Crippen LogP contribution is -2.58. The van der Waals surface area contributed by atoms with Gasteiger partial charge in [-0.25, -0.2) is 4.39 Å². The van der Waals surface area contributed by atoms with Crippen LogP contribution < -0.4 is 5.32 Å². The third kappa shape index (κ3) is 6.31. The molecule has 4 rings (SSSR count). The van der Waals surface area contributed by atoms with Crippen LogP contribution in [0.15, 0.2) is 24.3 Å². The van der Waals surface area contributed by atoms with Crippen LogP contribution in [-0.2, 0) is 9.53 Å². The topological polar surface area (TPSA) is 65.1 Å². The molecule has 7 nitrogen and oxygen atoms in total. The average molecular weight is 461 g/mol. The highest BCUT2D eigenvalue weighted by atomic mass is 19.1. The second kappa shape index (κ2) is 11.9. The molecule has 0 bridgehead atoms. The molecule has 1 N–H and O–H groups in total. The first-order valence-corrected chi connectivity index (χ1v) is 12.5. The molecule has 1 aromatic rings. The number of morpholine rings is 1. The van der Waals surface area contributed by atoms with Crippen molar-refractivity contribution in [3.05, 3.63) is 35.6 Å². The van der Waals surface area contributed by atoms with Gasteiger partial charge in [0.1, 0.15) is 5.82 Å². The fourth-order valence-corrected chi connectivity index (χ4v) is 5.40. The molecule has 33 heavy (non-hydrogen) atoms. The molecule has 1 unspecified atom stereocenters. The van der Waals surface area contributed by atoms with Gasteiger partial charge in [0.05, 0.1) is 24.8 Å². The van der Waals surface area contributed by atoms with Gasteiger partial charge in [-0.05, 0) is 43.9 Å². The molecule has 2 heterocycles. The largest absolute Gasteiger partial charge is 0.379 e. The van der Waals surface area contributed by atoms with Gasteiger partial charge < -0.3 is 15.0 Å². The van der Waals surface area contributed by atoms with Crippen molar-refractivity contribution in [2.45, 2.75) is 38.1 Å². The summed E-state index contributed by atoms with van der Waals surface area (Å²) in [6.07, 6.45) is 5.46. The number of piperazine rings is 1. The molecule has 1 aliphatic carbocycles. The summed E-state index contributed by atoms with van der Waals surface area (Å²) in [5.41, 5.74) is 0.122. The van der Waals surface area contributed by atoms with E-state index in [1.54, 1.807) is 17.0 Å². The van der Waals surface area contributed by atoms with Crippen LogP contribution in [0.3, 0.4) is 0 Å². The average Bonchev–Trinajstić information content (AvgIpc) is 3.37. The summed E-state index contributed by atoms with van der Waals surface area (Å²) in [5.74, 6) is -0.251. The van der Waals surface area contributed by atoms with Crippen LogP contribution in [0, 0.1) is 11.7 Å². The Kier molecular flexibility index (Phi) is 8.69. The summed E-state index contributed by atoms with van der Waals surface area (Å²) in [5, 5.41) is 3.20. The molecule has 8 heteroatoms. The first kappa shape index (κ1) is 24.1. The summed E-state index contributed by atoms with van der Waals surface area (Å²) in [4.78, 5) is 32.4. The molecular weight excluding hydrogens is 423 g/mol. The molecule has 0 radical (unpaired) electrons. The number of ether oxygens (including phenoxy) is 1. The zero-order chi connectivity index (χ0) is 23.0. The van der Waals surface area contributed by atoms with Crippen LogP contribution in [0.1, 0.15) is 42.5 Å². The van der Waals surface area contributed by atoms with E-state index in [4.69, 9.17) is 4.74 Å². The zero-order valence-electron chi connectivity index (χ0n) is 19.5. The lowest BCUT2D eigenvalue weighted by molar-refractivity contribution is -0.129. The minimum atomic E-state index is -0.481. The molecular formula is C25H37FN4O3. The molecule has 3 fully saturated rings. The quantitative estimate of drug-likeness (QED) is 0.601. The van der Waals surface area contributed by atoms with Gasteiger partial charge in [0.25, 0.3) is 5.91 Å². The molecule has 3 aliphatic rings.